The van der Waals surface area contributed by atoms with Gasteiger partial charge in [-0.2, -0.15) is 0 Å². The molecule has 156 valence electrons. The summed E-state index contributed by atoms with van der Waals surface area (Å²) in [7, 11) is 1.97. The summed E-state index contributed by atoms with van der Waals surface area (Å²) in [4.78, 5) is 21.2. The third-order valence-electron chi connectivity index (χ3n) is 4.77. The lowest BCUT2D eigenvalue weighted by atomic mass is 10.2. The zero-order chi connectivity index (χ0) is 20.9. The first kappa shape index (κ1) is 20.2. The van der Waals surface area contributed by atoms with Crippen LogP contribution in [0.5, 0.6) is 0 Å². The minimum atomic E-state index is -0.432. The van der Waals surface area contributed by atoms with E-state index in [2.05, 4.69) is 26.3 Å². The summed E-state index contributed by atoms with van der Waals surface area (Å²) < 4.78 is 7.33. The minimum Gasteiger partial charge on any atom is -0.445 e. The van der Waals surface area contributed by atoms with Gasteiger partial charge >= 0.3 is 6.09 Å². The number of nitrogens with zero attached hydrogens (tertiary/aromatic N) is 4. The van der Waals surface area contributed by atoms with E-state index in [1.807, 2.05) is 61.0 Å². The first-order valence-corrected chi connectivity index (χ1v) is 10.9. The molecule has 9 heteroatoms. The smallest absolute Gasteiger partial charge is 0.407 e. The largest absolute Gasteiger partial charge is 0.445 e. The second-order valence-corrected chi connectivity index (χ2v) is 7.71. The Morgan fingerprint density at radius 1 is 1.33 bits per heavy atom. The second-order valence-electron chi connectivity index (χ2n) is 6.92. The van der Waals surface area contributed by atoms with Crippen LogP contribution in [0.2, 0.25) is 0 Å². The van der Waals surface area contributed by atoms with Crippen LogP contribution < -0.4 is 10.7 Å². The molecule has 4 rings (SSSR count). The van der Waals surface area contributed by atoms with Gasteiger partial charge in [0.25, 0.3) is 0 Å². The lowest BCUT2D eigenvalue weighted by Crippen LogP contribution is -2.26. The number of alkyl carbamates (subject to hydrolysis) is 1. The minimum absolute atomic E-state index is 0.253. The van der Waals surface area contributed by atoms with E-state index < -0.39 is 6.09 Å². The van der Waals surface area contributed by atoms with E-state index in [1.54, 1.807) is 11.8 Å². The van der Waals surface area contributed by atoms with Crippen molar-refractivity contribution in [2.75, 3.05) is 26.4 Å². The molecule has 2 aromatic heterocycles. The van der Waals surface area contributed by atoms with E-state index in [-0.39, 0.29) is 6.61 Å². The molecular weight excluding hydrogens is 400 g/mol. The van der Waals surface area contributed by atoms with Gasteiger partial charge in [0.05, 0.1) is 17.6 Å². The van der Waals surface area contributed by atoms with Crippen molar-refractivity contribution in [2.45, 2.75) is 18.1 Å². The average molecular weight is 425 g/mol. The fourth-order valence-corrected chi connectivity index (χ4v) is 3.80. The number of fused-ring (bicyclic) bond motifs is 1. The normalized spacial score (nSPS) is 13.5. The average Bonchev–Trinajstić information content (AvgIpc) is 3.38. The van der Waals surface area contributed by atoms with Gasteiger partial charge < -0.3 is 15.1 Å². The number of hydrazine groups is 1. The molecule has 1 aliphatic heterocycles. The van der Waals surface area contributed by atoms with Crippen molar-refractivity contribution >= 4 is 29.1 Å². The zero-order valence-electron chi connectivity index (χ0n) is 17.0. The molecule has 1 aromatic carbocycles. The summed E-state index contributed by atoms with van der Waals surface area (Å²) in [5, 5.41) is 5.60. The molecule has 0 aliphatic carbocycles. The van der Waals surface area contributed by atoms with Crippen LogP contribution in [0.4, 0.5) is 4.79 Å². The molecule has 8 nitrogen and oxygen atoms in total. The third kappa shape index (κ3) is 4.58. The number of amides is 1. The summed E-state index contributed by atoms with van der Waals surface area (Å²) in [6.07, 6.45) is 8.09. The summed E-state index contributed by atoms with van der Waals surface area (Å²) in [5.41, 5.74) is 8.14. The van der Waals surface area contributed by atoms with Crippen molar-refractivity contribution in [1.29, 1.82) is 0 Å². The van der Waals surface area contributed by atoms with E-state index in [4.69, 9.17) is 9.72 Å². The van der Waals surface area contributed by atoms with Crippen LogP contribution >= 0.6 is 11.8 Å². The lowest BCUT2D eigenvalue weighted by Gasteiger charge is -2.09. The number of ether oxygens (including phenoxy) is 1. The summed E-state index contributed by atoms with van der Waals surface area (Å²) in [5.74, 6) is 0. The number of hydrogen-bond acceptors (Lipinski definition) is 7. The number of carbonyl (C=O) groups excluding carboxylic acids is 1. The highest BCUT2D eigenvalue weighted by Crippen LogP contribution is 2.24. The van der Waals surface area contributed by atoms with Crippen molar-refractivity contribution in [1.82, 2.24) is 30.1 Å². The fraction of sp³-hybridized carbons (Fsp3) is 0.286. The van der Waals surface area contributed by atoms with E-state index >= 15 is 0 Å². The number of hydrogen-bond donors (Lipinski definition) is 2. The number of rotatable bonds is 7. The van der Waals surface area contributed by atoms with Crippen LogP contribution in [0.3, 0.4) is 0 Å². The quantitative estimate of drug-likeness (QED) is 0.564. The second kappa shape index (κ2) is 9.19. The Kier molecular flexibility index (Phi) is 6.20. The van der Waals surface area contributed by atoms with Gasteiger partial charge in [0.1, 0.15) is 11.6 Å². The molecule has 30 heavy (non-hydrogen) atoms. The van der Waals surface area contributed by atoms with Crippen molar-refractivity contribution < 1.29 is 9.53 Å². The molecule has 0 unspecified atom stereocenters. The van der Waals surface area contributed by atoms with E-state index in [0.29, 0.717) is 13.0 Å². The number of aromatic nitrogens is 3. The highest BCUT2D eigenvalue weighted by Gasteiger charge is 2.17. The first-order valence-electron chi connectivity index (χ1n) is 9.67. The molecular formula is C21H24N6O2S. The number of carbonyl (C=O) groups is 1. The topological polar surface area (TPSA) is 83.8 Å². The van der Waals surface area contributed by atoms with Gasteiger partial charge in [0.2, 0.25) is 0 Å². The van der Waals surface area contributed by atoms with Crippen LogP contribution in [-0.4, -0.2) is 51.9 Å². The van der Waals surface area contributed by atoms with E-state index in [9.17, 15) is 4.79 Å². The molecule has 0 atom stereocenters. The Labute approximate surface area is 179 Å². The molecule has 0 saturated carbocycles. The molecule has 0 bridgehead atoms. The SMILES string of the molecule is CSc1nc(CCNC(=O)OCc2ccccc2)cn2c(C3=CN(C)NC3)cnc12. The monoisotopic (exact) mass is 424 g/mol. The number of thioether (sulfide) groups is 1. The van der Waals surface area contributed by atoms with Crippen molar-refractivity contribution in [3.8, 4) is 0 Å². The van der Waals surface area contributed by atoms with Crippen LogP contribution in [-0.2, 0) is 17.8 Å². The maximum absolute atomic E-state index is 12.0. The van der Waals surface area contributed by atoms with Crippen molar-refractivity contribution in [3.63, 3.8) is 0 Å². The van der Waals surface area contributed by atoms with E-state index in [1.165, 1.54) is 0 Å². The molecule has 0 fully saturated rings. The number of nitrogens with one attached hydrogen (secondary N) is 2. The number of imidazole rings is 1. The standard InChI is InChI=1S/C21H24N6O2S/c1-26-12-16(10-24-26)18-11-23-19-20(30-2)25-17(13-27(18)19)8-9-22-21(28)29-14-15-6-4-3-5-7-15/h3-7,11-13,24H,8-10,14H2,1-2H3,(H,22,28). The van der Waals surface area contributed by atoms with Gasteiger partial charge in [-0.25, -0.2) is 20.2 Å². The molecule has 3 heterocycles. The Morgan fingerprint density at radius 2 is 2.17 bits per heavy atom. The van der Waals surface area contributed by atoms with Gasteiger partial charge in [-0.1, -0.05) is 30.3 Å². The maximum atomic E-state index is 12.0. The third-order valence-corrected chi connectivity index (χ3v) is 5.43. The fourth-order valence-electron chi connectivity index (χ4n) is 3.26. The highest BCUT2D eigenvalue weighted by atomic mass is 32.2. The van der Waals surface area contributed by atoms with Gasteiger partial charge in [-0.15, -0.1) is 11.8 Å². The number of benzene rings is 1. The highest BCUT2D eigenvalue weighted by molar-refractivity contribution is 7.98. The molecule has 0 radical (unpaired) electrons. The predicted molar refractivity (Wildman–Crippen MR) is 117 cm³/mol. The van der Waals surface area contributed by atoms with Gasteiger partial charge in [-0.3, -0.25) is 4.40 Å². The zero-order valence-corrected chi connectivity index (χ0v) is 17.8. The van der Waals surface area contributed by atoms with Crippen molar-refractivity contribution in [2.24, 2.45) is 0 Å². The summed E-state index contributed by atoms with van der Waals surface area (Å²) in [6, 6.07) is 9.61. The first-order chi connectivity index (χ1) is 14.6. The van der Waals surface area contributed by atoms with Crippen LogP contribution in [0, 0.1) is 0 Å². The van der Waals surface area contributed by atoms with Gasteiger partial charge in [0.15, 0.2) is 5.65 Å². The van der Waals surface area contributed by atoms with E-state index in [0.717, 1.165) is 39.7 Å². The predicted octanol–water partition coefficient (Wildman–Crippen LogP) is 2.71. The Morgan fingerprint density at radius 3 is 2.90 bits per heavy atom. The molecule has 0 saturated heterocycles. The molecule has 1 amide bonds. The Bertz CT molecular complexity index is 1070. The molecule has 3 aromatic rings. The molecule has 0 spiro atoms. The Balaban J connectivity index is 1.41. The van der Waals surface area contributed by atoms with Gasteiger partial charge in [-0.05, 0) is 11.8 Å². The van der Waals surface area contributed by atoms with Crippen LogP contribution in [0.1, 0.15) is 17.0 Å². The van der Waals surface area contributed by atoms with Crippen molar-refractivity contribution in [3.05, 3.63) is 65.9 Å². The molecule has 2 N–H and O–H groups in total. The summed E-state index contributed by atoms with van der Waals surface area (Å²) in [6.45, 7) is 1.45. The Hall–Kier alpha value is -3.04. The summed E-state index contributed by atoms with van der Waals surface area (Å²) >= 11 is 1.56. The van der Waals surface area contributed by atoms with Crippen LogP contribution in [0.25, 0.3) is 11.2 Å². The van der Waals surface area contributed by atoms with Crippen LogP contribution in [0.15, 0.2) is 54.0 Å². The lowest BCUT2D eigenvalue weighted by molar-refractivity contribution is 0.140. The molecule has 1 aliphatic rings. The maximum Gasteiger partial charge on any atom is 0.407 e. The van der Waals surface area contributed by atoms with Gasteiger partial charge in [0, 0.05) is 44.5 Å².